The molecule has 5 aromatic rings. The van der Waals surface area contributed by atoms with E-state index in [-0.39, 0.29) is 18.3 Å². The number of fused-ring (bicyclic) bond motifs is 6. The molecular formula is C36H33FN2O5. The Bertz CT molecular complexity index is 1850. The number of rotatable bonds is 8. The molecule has 7 rings (SSSR count). The first-order chi connectivity index (χ1) is 21.5. The number of hydrogen-bond donors (Lipinski definition) is 0. The van der Waals surface area contributed by atoms with Crippen LogP contribution in [0, 0.1) is 5.82 Å². The molecule has 8 heteroatoms. The molecule has 44 heavy (non-hydrogen) atoms. The van der Waals surface area contributed by atoms with E-state index in [1.54, 1.807) is 20.3 Å². The minimum Gasteiger partial charge on any atom is -0.497 e. The predicted molar refractivity (Wildman–Crippen MR) is 165 cm³/mol. The van der Waals surface area contributed by atoms with Gasteiger partial charge >= 0.3 is 5.97 Å². The molecule has 1 unspecified atom stereocenters. The Morgan fingerprint density at radius 3 is 2.59 bits per heavy atom. The average molecular weight is 593 g/mol. The molecule has 0 saturated carbocycles. The van der Waals surface area contributed by atoms with Gasteiger partial charge in [-0.25, -0.2) is 9.18 Å². The van der Waals surface area contributed by atoms with Crippen molar-refractivity contribution in [3.8, 4) is 17.2 Å². The van der Waals surface area contributed by atoms with Crippen molar-refractivity contribution in [2.75, 3.05) is 20.8 Å². The number of esters is 1. The molecule has 224 valence electrons. The van der Waals surface area contributed by atoms with Crippen LogP contribution in [0.25, 0.3) is 10.9 Å². The lowest BCUT2D eigenvalue weighted by Gasteiger charge is -2.41. The van der Waals surface area contributed by atoms with E-state index in [0.717, 1.165) is 58.8 Å². The molecule has 0 saturated heterocycles. The third kappa shape index (κ3) is 5.15. The summed E-state index contributed by atoms with van der Waals surface area (Å²) in [6.07, 6.45) is 1.67. The lowest BCUT2D eigenvalue weighted by Crippen LogP contribution is -2.40. The Hall–Kier alpha value is -4.82. The van der Waals surface area contributed by atoms with Gasteiger partial charge in [0.15, 0.2) is 18.2 Å². The van der Waals surface area contributed by atoms with Crippen LogP contribution < -0.4 is 14.2 Å². The minimum atomic E-state index is -0.564. The van der Waals surface area contributed by atoms with Crippen molar-refractivity contribution in [3.63, 3.8) is 0 Å². The van der Waals surface area contributed by atoms with Crippen LogP contribution in [0.5, 0.6) is 17.2 Å². The van der Waals surface area contributed by atoms with Crippen molar-refractivity contribution in [1.82, 2.24) is 9.47 Å². The molecule has 0 N–H and O–H groups in total. The SMILES string of the molecule is COc1ccc2c(c1)c1c(n2COC(=O)c2cccc(F)c2)CN2CCc3cc(OC)c(OCc4ccccc4)cc3C2C1. The molecule has 0 amide bonds. The van der Waals surface area contributed by atoms with Gasteiger partial charge in [0, 0.05) is 30.2 Å². The smallest absolute Gasteiger partial charge is 0.339 e. The Labute approximate surface area is 255 Å². The maximum absolute atomic E-state index is 13.8. The van der Waals surface area contributed by atoms with Crippen molar-refractivity contribution in [2.24, 2.45) is 0 Å². The summed E-state index contributed by atoms with van der Waals surface area (Å²) < 4.78 is 39.2. The lowest BCUT2D eigenvalue weighted by molar-refractivity contribution is 0.0365. The van der Waals surface area contributed by atoms with Gasteiger partial charge in [0.2, 0.25) is 0 Å². The summed E-state index contributed by atoms with van der Waals surface area (Å²) in [6, 6.07) is 26.1. The van der Waals surface area contributed by atoms with E-state index in [4.69, 9.17) is 18.9 Å². The normalized spacial score (nSPS) is 15.7. The molecule has 0 radical (unpaired) electrons. The van der Waals surface area contributed by atoms with Crippen molar-refractivity contribution in [1.29, 1.82) is 0 Å². The summed E-state index contributed by atoms with van der Waals surface area (Å²) in [6.45, 7) is 2.06. The molecule has 0 aliphatic carbocycles. The van der Waals surface area contributed by atoms with Crippen LogP contribution in [0.1, 0.15) is 44.3 Å². The fourth-order valence-corrected chi connectivity index (χ4v) is 6.54. The second kappa shape index (κ2) is 11.7. The van der Waals surface area contributed by atoms with Crippen molar-refractivity contribution in [3.05, 3.63) is 124 Å². The van der Waals surface area contributed by atoms with Crippen LogP contribution in [-0.2, 0) is 37.5 Å². The molecule has 0 spiro atoms. The van der Waals surface area contributed by atoms with E-state index < -0.39 is 11.8 Å². The lowest BCUT2D eigenvalue weighted by atomic mass is 9.85. The number of halogens is 1. The monoisotopic (exact) mass is 592 g/mol. The largest absolute Gasteiger partial charge is 0.497 e. The summed E-state index contributed by atoms with van der Waals surface area (Å²) in [5, 5.41) is 1.07. The zero-order valence-corrected chi connectivity index (χ0v) is 24.7. The van der Waals surface area contributed by atoms with Crippen molar-refractivity contribution < 1.29 is 28.1 Å². The molecule has 0 fully saturated rings. The first-order valence-electron chi connectivity index (χ1n) is 14.7. The molecule has 4 aromatic carbocycles. The minimum absolute atomic E-state index is 0.0251. The van der Waals surface area contributed by atoms with Gasteiger partial charge in [0.25, 0.3) is 0 Å². The topological polar surface area (TPSA) is 62.2 Å². The summed E-state index contributed by atoms with van der Waals surface area (Å²) in [5.74, 6) is 1.20. The summed E-state index contributed by atoms with van der Waals surface area (Å²) in [4.78, 5) is 15.3. The van der Waals surface area contributed by atoms with Gasteiger partial charge in [-0.1, -0.05) is 36.4 Å². The van der Waals surface area contributed by atoms with Crippen LogP contribution in [-0.4, -0.2) is 36.2 Å². The Kier molecular flexibility index (Phi) is 7.44. The Balaban J connectivity index is 1.23. The fraction of sp³-hybridized carbons (Fsp3) is 0.250. The summed E-state index contributed by atoms with van der Waals surface area (Å²) in [5.41, 5.74) is 7.06. The maximum Gasteiger partial charge on any atom is 0.339 e. The van der Waals surface area contributed by atoms with E-state index in [9.17, 15) is 9.18 Å². The van der Waals surface area contributed by atoms with E-state index in [1.165, 1.54) is 34.9 Å². The van der Waals surface area contributed by atoms with Crippen molar-refractivity contribution >= 4 is 16.9 Å². The number of methoxy groups -OCH3 is 2. The van der Waals surface area contributed by atoms with Crippen LogP contribution in [0.15, 0.2) is 84.9 Å². The number of carbonyl (C=O) groups is 1. The highest BCUT2D eigenvalue weighted by Gasteiger charge is 2.36. The number of carbonyl (C=O) groups excluding carboxylic acids is 1. The number of ether oxygens (including phenoxy) is 4. The summed E-state index contributed by atoms with van der Waals surface area (Å²) >= 11 is 0. The van der Waals surface area contributed by atoms with Crippen LogP contribution in [0.3, 0.4) is 0 Å². The standard InChI is InChI=1S/C36H33FN2O5/c1-41-27-11-12-31-29(17-27)30-18-32-28-19-35(43-21-23-7-4-3-5-8-23)34(42-2)16-24(28)13-14-38(32)20-33(30)39(31)22-44-36(40)25-9-6-10-26(37)15-25/h3-12,15-17,19,32H,13-14,18,20-22H2,1-2H3. The molecule has 2 aliphatic rings. The highest BCUT2D eigenvalue weighted by molar-refractivity contribution is 5.90. The Morgan fingerprint density at radius 2 is 1.80 bits per heavy atom. The zero-order valence-electron chi connectivity index (χ0n) is 24.7. The van der Waals surface area contributed by atoms with Gasteiger partial charge < -0.3 is 23.5 Å². The van der Waals surface area contributed by atoms with E-state index in [1.807, 2.05) is 30.3 Å². The third-order valence-electron chi connectivity index (χ3n) is 8.76. The predicted octanol–water partition coefficient (Wildman–Crippen LogP) is 6.85. The first kappa shape index (κ1) is 28.0. The first-order valence-corrected chi connectivity index (χ1v) is 14.7. The van der Waals surface area contributed by atoms with Crippen LogP contribution in [0.4, 0.5) is 4.39 Å². The molecular weight excluding hydrogens is 559 g/mol. The van der Waals surface area contributed by atoms with Crippen molar-refractivity contribution in [2.45, 2.75) is 38.8 Å². The molecule has 3 heterocycles. The number of benzene rings is 4. The third-order valence-corrected chi connectivity index (χ3v) is 8.76. The molecule has 1 atom stereocenters. The van der Waals surface area contributed by atoms with Gasteiger partial charge in [-0.15, -0.1) is 0 Å². The van der Waals surface area contributed by atoms with Crippen LogP contribution >= 0.6 is 0 Å². The molecule has 2 aliphatic heterocycles. The number of nitrogens with zero attached hydrogens (tertiary/aromatic N) is 2. The molecule has 1 aromatic heterocycles. The van der Waals surface area contributed by atoms with E-state index in [0.29, 0.717) is 13.2 Å². The van der Waals surface area contributed by atoms with Gasteiger partial charge in [-0.3, -0.25) is 4.90 Å². The van der Waals surface area contributed by atoms with Gasteiger partial charge in [0.05, 0.1) is 25.3 Å². The number of aromatic nitrogens is 1. The second-order valence-corrected chi connectivity index (χ2v) is 11.2. The van der Waals surface area contributed by atoms with Gasteiger partial charge in [0.1, 0.15) is 18.2 Å². The highest BCUT2D eigenvalue weighted by atomic mass is 19.1. The maximum atomic E-state index is 13.8. The summed E-state index contributed by atoms with van der Waals surface area (Å²) in [7, 11) is 3.34. The number of hydrogen-bond acceptors (Lipinski definition) is 6. The Morgan fingerprint density at radius 1 is 0.932 bits per heavy atom. The quantitative estimate of drug-likeness (QED) is 0.184. The fourth-order valence-electron chi connectivity index (χ4n) is 6.54. The zero-order chi connectivity index (χ0) is 30.2. The second-order valence-electron chi connectivity index (χ2n) is 11.2. The van der Waals surface area contributed by atoms with Gasteiger partial charge in [-0.2, -0.15) is 0 Å². The highest BCUT2D eigenvalue weighted by Crippen LogP contribution is 2.45. The van der Waals surface area contributed by atoms with Crippen LogP contribution in [0.2, 0.25) is 0 Å². The molecule has 7 nitrogen and oxygen atoms in total. The molecule has 0 bridgehead atoms. The average Bonchev–Trinajstić information content (AvgIpc) is 3.36. The van der Waals surface area contributed by atoms with E-state index in [2.05, 4.69) is 39.8 Å². The van der Waals surface area contributed by atoms with E-state index >= 15 is 0 Å². The van der Waals surface area contributed by atoms with Gasteiger partial charge in [-0.05, 0) is 83.6 Å².